The molecule has 0 bridgehead atoms. The number of benzene rings is 1. The maximum Gasteiger partial charge on any atom is 0.242 e. The highest BCUT2D eigenvalue weighted by Gasteiger charge is 2.41. The van der Waals surface area contributed by atoms with Crippen molar-refractivity contribution in [2.24, 2.45) is 5.92 Å². The molecule has 2 fully saturated rings. The summed E-state index contributed by atoms with van der Waals surface area (Å²) < 4.78 is 0. The largest absolute Gasteiger partial charge is 0.365 e. The Hall–Kier alpha value is -1.51. The number of anilines is 1. The molecule has 0 N–H and O–H groups in total. The Morgan fingerprint density at radius 3 is 2.40 bits per heavy atom. The third kappa shape index (κ3) is 2.97. The number of likely N-dealkylation sites (N-methyl/N-ethyl adjacent to an activating group) is 1. The van der Waals surface area contributed by atoms with E-state index in [0.29, 0.717) is 24.5 Å². The molecule has 2 aliphatic rings. The zero-order valence-electron chi connectivity index (χ0n) is 12.5. The number of nitrogens with zero attached hydrogens (tertiary/aromatic N) is 2. The lowest BCUT2D eigenvalue weighted by atomic mass is 10.1. The molecule has 1 aromatic carbocycles. The monoisotopic (exact) mass is 272 g/mol. The third-order valence-electron chi connectivity index (χ3n) is 4.54. The van der Waals surface area contributed by atoms with Gasteiger partial charge in [0.1, 0.15) is 0 Å². The van der Waals surface area contributed by atoms with Crippen LogP contribution in [0.4, 0.5) is 5.69 Å². The van der Waals surface area contributed by atoms with Crippen molar-refractivity contribution in [3.63, 3.8) is 0 Å². The summed E-state index contributed by atoms with van der Waals surface area (Å²) in [4.78, 5) is 16.9. The van der Waals surface area contributed by atoms with Crippen molar-refractivity contribution in [1.29, 1.82) is 0 Å². The lowest BCUT2D eigenvalue weighted by molar-refractivity contribution is -0.132. The molecule has 1 unspecified atom stereocenters. The standard InChI is InChI=1S/C17H24N2O/c1-13(14-8-9-14)19(16-10-11-16)17(20)12-18(2)15-6-4-3-5-7-15/h3-7,13-14,16H,8-12H2,1-2H3. The zero-order valence-corrected chi connectivity index (χ0v) is 12.5. The SMILES string of the molecule is CC(C1CC1)N(C(=O)CN(C)c1ccccc1)C1CC1. The second-order valence-electron chi connectivity index (χ2n) is 6.30. The van der Waals surface area contributed by atoms with Gasteiger partial charge in [0.05, 0.1) is 6.54 Å². The first-order valence-electron chi connectivity index (χ1n) is 7.74. The summed E-state index contributed by atoms with van der Waals surface area (Å²) in [5.41, 5.74) is 1.11. The highest BCUT2D eigenvalue weighted by Crippen LogP contribution is 2.39. The molecule has 1 atom stereocenters. The van der Waals surface area contributed by atoms with Gasteiger partial charge in [-0.3, -0.25) is 4.79 Å². The van der Waals surface area contributed by atoms with E-state index in [1.165, 1.54) is 25.7 Å². The molecule has 2 aliphatic carbocycles. The minimum Gasteiger partial charge on any atom is -0.365 e. The van der Waals surface area contributed by atoms with Crippen LogP contribution in [0.25, 0.3) is 0 Å². The average molecular weight is 272 g/mol. The number of para-hydroxylation sites is 1. The van der Waals surface area contributed by atoms with Gasteiger partial charge < -0.3 is 9.80 Å². The van der Waals surface area contributed by atoms with E-state index in [1.54, 1.807) is 0 Å². The van der Waals surface area contributed by atoms with Gasteiger partial charge in [0.15, 0.2) is 0 Å². The van der Waals surface area contributed by atoms with Gasteiger partial charge >= 0.3 is 0 Å². The minimum atomic E-state index is 0.290. The van der Waals surface area contributed by atoms with Crippen LogP contribution in [0.2, 0.25) is 0 Å². The Kier molecular flexibility index (Phi) is 3.68. The summed E-state index contributed by atoms with van der Waals surface area (Å²) in [6, 6.07) is 11.1. The number of carbonyl (C=O) groups excluding carboxylic acids is 1. The number of carbonyl (C=O) groups is 1. The molecule has 108 valence electrons. The molecular weight excluding hydrogens is 248 g/mol. The van der Waals surface area contributed by atoms with Gasteiger partial charge in [-0.05, 0) is 50.7 Å². The lowest BCUT2D eigenvalue weighted by Crippen LogP contribution is -2.46. The maximum absolute atomic E-state index is 12.7. The van der Waals surface area contributed by atoms with E-state index in [2.05, 4.69) is 28.9 Å². The van der Waals surface area contributed by atoms with Crippen LogP contribution in [-0.4, -0.2) is 36.5 Å². The van der Waals surface area contributed by atoms with Crippen molar-refractivity contribution in [2.45, 2.75) is 44.7 Å². The Balaban J connectivity index is 1.64. The number of hydrogen-bond donors (Lipinski definition) is 0. The molecule has 3 rings (SSSR count). The van der Waals surface area contributed by atoms with E-state index in [-0.39, 0.29) is 0 Å². The second kappa shape index (κ2) is 5.47. The molecule has 3 heteroatoms. The molecule has 0 spiro atoms. The highest BCUT2D eigenvalue weighted by molar-refractivity contribution is 5.82. The Labute approximate surface area is 121 Å². The Morgan fingerprint density at radius 2 is 1.85 bits per heavy atom. The van der Waals surface area contributed by atoms with Crippen molar-refractivity contribution in [2.75, 3.05) is 18.5 Å². The molecule has 0 heterocycles. The molecule has 0 radical (unpaired) electrons. The van der Waals surface area contributed by atoms with Crippen molar-refractivity contribution >= 4 is 11.6 Å². The quantitative estimate of drug-likeness (QED) is 0.795. The van der Waals surface area contributed by atoms with Crippen molar-refractivity contribution in [1.82, 2.24) is 4.90 Å². The Bertz CT molecular complexity index is 465. The zero-order chi connectivity index (χ0) is 14.1. The number of rotatable bonds is 6. The molecular formula is C17H24N2O. The average Bonchev–Trinajstić information content (AvgIpc) is 3.31. The van der Waals surface area contributed by atoms with Crippen LogP contribution in [-0.2, 0) is 4.79 Å². The minimum absolute atomic E-state index is 0.290. The summed E-state index contributed by atoms with van der Waals surface area (Å²) in [5, 5.41) is 0. The number of hydrogen-bond acceptors (Lipinski definition) is 2. The summed E-state index contributed by atoms with van der Waals surface area (Å²) in [7, 11) is 2.00. The van der Waals surface area contributed by atoms with E-state index in [9.17, 15) is 4.79 Å². The normalized spacial score (nSPS) is 19.5. The van der Waals surface area contributed by atoms with Gasteiger partial charge in [-0.2, -0.15) is 0 Å². The van der Waals surface area contributed by atoms with Crippen LogP contribution in [0.5, 0.6) is 0 Å². The van der Waals surface area contributed by atoms with E-state index in [4.69, 9.17) is 0 Å². The molecule has 1 aromatic rings. The van der Waals surface area contributed by atoms with Crippen LogP contribution in [0.15, 0.2) is 30.3 Å². The number of amides is 1. The summed E-state index contributed by atoms with van der Waals surface area (Å²) in [6.45, 7) is 2.72. The van der Waals surface area contributed by atoms with E-state index < -0.39 is 0 Å². The smallest absolute Gasteiger partial charge is 0.242 e. The van der Waals surface area contributed by atoms with Crippen LogP contribution in [0.1, 0.15) is 32.6 Å². The summed E-state index contributed by atoms with van der Waals surface area (Å²) >= 11 is 0. The Morgan fingerprint density at radius 1 is 1.20 bits per heavy atom. The molecule has 0 saturated heterocycles. The first-order valence-corrected chi connectivity index (χ1v) is 7.74. The topological polar surface area (TPSA) is 23.6 Å². The fraction of sp³-hybridized carbons (Fsp3) is 0.588. The maximum atomic E-state index is 12.7. The van der Waals surface area contributed by atoms with Crippen LogP contribution in [0, 0.1) is 5.92 Å². The van der Waals surface area contributed by atoms with Gasteiger partial charge in [0.2, 0.25) is 5.91 Å². The van der Waals surface area contributed by atoms with E-state index in [0.717, 1.165) is 11.6 Å². The fourth-order valence-electron chi connectivity index (χ4n) is 2.98. The third-order valence-corrected chi connectivity index (χ3v) is 4.54. The van der Waals surface area contributed by atoms with Crippen LogP contribution >= 0.6 is 0 Å². The van der Waals surface area contributed by atoms with Crippen LogP contribution < -0.4 is 4.90 Å². The lowest BCUT2D eigenvalue weighted by Gasteiger charge is -2.31. The first-order chi connectivity index (χ1) is 9.66. The summed E-state index contributed by atoms with van der Waals surface area (Å²) in [5.74, 6) is 1.04. The van der Waals surface area contributed by atoms with Gasteiger partial charge in [0, 0.05) is 24.8 Å². The van der Waals surface area contributed by atoms with E-state index >= 15 is 0 Å². The molecule has 1 amide bonds. The van der Waals surface area contributed by atoms with Crippen molar-refractivity contribution < 1.29 is 4.79 Å². The molecule has 0 aromatic heterocycles. The fourth-order valence-corrected chi connectivity index (χ4v) is 2.98. The second-order valence-corrected chi connectivity index (χ2v) is 6.30. The highest BCUT2D eigenvalue weighted by atomic mass is 16.2. The molecule has 20 heavy (non-hydrogen) atoms. The molecule has 0 aliphatic heterocycles. The van der Waals surface area contributed by atoms with Crippen LogP contribution in [0.3, 0.4) is 0 Å². The predicted octanol–water partition coefficient (Wildman–Crippen LogP) is 2.91. The molecule has 3 nitrogen and oxygen atoms in total. The van der Waals surface area contributed by atoms with Crippen molar-refractivity contribution in [3.8, 4) is 0 Å². The van der Waals surface area contributed by atoms with Gasteiger partial charge in [-0.1, -0.05) is 18.2 Å². The van der Waals surface area contributed by atoms with E-state index in [1.807, 2.05) is 25.2 Å². The van der Waals surface area contributed by atoms with Gasteiger partial charge in [-0.25, -0.2) is 0 Å². The van der Waals surface area contributed by atoms with Gasteiger partial charge in [-0.15, -0.1) is 0 Å². The van der Waals surface area contributed by atoms with Crippen molar-refractivity contribution in [3.05, 3.63) is 30.3 Å². The molecule has 2 saturated carbocycles. The predicted molar refractivity (Wildman–Crippen MR) is 81.8 cm³/mol. The first kappa shape index (κ1) is 13.5. The van der Waals surface area contributed by atoms with Gasteiger partial charge in [0.25, 0.3) is 0 Å². The summed E-state index contributed by atoms with van der Waals surface area (Å²) in [6.07, 6.45) is 4.98.